The molecule has 0 spiro atoms. The molecular weight excluding hydrogens is 270 g/mol. The first-order valence-corrected chi connectivity index (χ1v) is 6.61. The van der Waals surface area contributed by atoms with Gasteiger partial charge in [0.1, 0.15) is 0 Å². The number of hydrogen-bond donors (Lipinski definition) is 0. The second-order valence-electron chi connectivity index (χ2n) is 4.92. The zero-order valence-electron chi connectivity index (χ0n) is 11.9. The normalized spacial score (nSPS) is 12.3. The maximum absolute atomic E-state index is 12.1. The van der Waals surface area contributed by atoms with E-state index in [9.17, 15) is 9.59 Å². The molecule has 0 radical (unpaired) electrons. The molecule has 0 saturated carbocycles. The van der Waals surface area contributed by atoms with E-state index in [0.717, 1.165) is 11.3 Å². The van der Waals surface area contributed by atoms with Crippen LogP contribution in [0, 0.1) is 0 Å². The number of benzene rings is 1. The third-order valence-corrected chi connectivity index (χ3v) is 3.80. The van der Waals surface area contributed by atoms with E-state index in [-0.39, 0.29) is 5.56 Å². The lowest BCUT2D eigenvalue weighted by molar-refractivity contribution is 0.0556. The van der Waals surface area contributed by atoms with E-state index >= 15 is 0 Å². The first kappa shape index (κ1) is 13.4. The lowest BCUT2D eigenvalue weighted by Gasteiger charge is -2.19. The highest BCUT2D eigenvalue weighted by atomic mass is 16.5. The van der Waals surface area contributed by atoms with Crippen LogP contribution in [-0.2, 0) is 22.4 Å². The lowest BCUT2D eigenvalue weighted by Crippen LogP contribution is -2.16. The molecule has 0 atom stereocenters. The number of aromatic nitrogens is 1. The lowest BCUT2D eigenvalue weighted by atomic mass is 9.97. The molecule has 0 unspecified atom stereocenters. The molecule has 1 aliphatic rings. The summed E-state index contributed by atoms with van der Waals surface area (Å²) in [5.41, 5.74) is 3.70. The van der Waals surface area contributed by atoms with Crippen LogP contribution in [-0.4, -0.2) is 30.7 Å². The third-order valence-electron chi connectivity index (χ3n) is 3.80. The van der Waals surface area contributed by atoms with Crippen LogP contribution in [0.25, 0.3) is 0 Å². The highest BCUT2D eigenvalue weighted by Gasteiger charge is 2.29. The SMILES string of the molecule is COC(=O)c1cn2c(c1C(=O)OC)Cc1ccccc1C2. The van der Waals surface area contributed by atoms with Gasteiger partial charge in [-0.05, 0) is 11.1 Å². The second kappa shape index (κ2) is 5.09. The van der Waals surface area contributed by atoms with Gasteiger partial charge in [0.2, 0.25) is 0 Å². The number of ether oxygens (including phenoxy) is 2. The Labute approximate surface area is 122 Å². The van der Waals surface area contributed by atoms with Crippen molar-refractivity contribution >= 4 is 11.9 Å². The molecule has 0 N–H and O–H groups in total. The summed E-state index contributed by atoms with van der Waals surface area (Å²) in [5.74, 6) is -1.04. The van der Waals surface area contributed by atoms with E-state index < -0.39 is 11.9 Å². The molecule has 5 heteroatoms. The van der Waals surface area contributed by atoms with Gasteiger partial charge in [-0.1, -0.05) is 24.3 Å². The number of hydrogen-bond acceptors (Lipinski definition) is 4. The van der Waals surface area contributed by atoms with E-state index in [1.165, 1.54) is 19.8 Å². The largest absolute Gasteiger partial charge is 0.465 e. The maximum Gasteiger partial charge on any atom is 0.340 e. The van der Waals surface area contributed by atoms with Gasteiger partial charge in [-0.25, -0.2) is 9.59 Å². The minimum atomic E-state index is -0.527. The molecule has 1 aliphatic heterocycles. The minimum absolute atomic E-state index is 0.257. The molecule has 0 amide bonds. The first-order chi connectivity index (χ1) is 10.2. The Bertz CT molecular complexity index is 730. The summed E-state index contributed by atoms with van der Waals surface area (Å²) in [5, 5.41) is 0. The molecule has 2 heterocycles. The van der Waals surface area contributed by atoms with Crippen LogP contribution in [0.5, 0.6) is 0 Å². The molecule has 2 aromatic rings. The summed E-state index contributed by atoms with van der Waals surface area (Å²) in [6.07, 6.45) is 2.26. The predicted molar refractivity (Wildman–Crippen MR) is 75.5 cm³/mol. The summed E-state index contributed by atoms with van der Waals surface area (Å²) in [6, 6.07) is 8.03. The van der Waals surface area contributed by atoms with Crippen molar-refractivity contribution in [1.82, 2.24) is 4.57 Å². The summed E-state index contributed by atoms with van der Waals surface area (Å²) in [7, 11) is 2.61. The number of rotatable bonds is 2. The van der Waals surface area contributed by atoms with Crippen molar-refractivity contribution in [3.05, 3.63) is 58.4 Å². The molecular formula is C16H15NO4. The Kier molecular flexibility index (Phi) is 3.25. The summed E-state index contributed by atoms with van der Waals surface area (Å²) in [6.45, 7) is 0.631. The third kappa shape index (κ3) is 2.11. The molecule has 1 aromatic carbocycles. The molecule has 0 fully saturated rings. The Morgan fingerprint density at radius 1 is 1.05 bits per heavy atom. The van der Waals surface area contributed by atoms with Crippen LogP contribution in [0.4, 0.5) is 0 Å². The summed E-state index contributed by atoms with van der Waals surface area (Å²) >= 11 is 0. The van der Waals surface area contributed by atoms with Crippen LogP contribution in [0.15, 0.2) is 30.5 Å². The van der Waals surface area contributed by atoms with Crippen molar-refractivity contribution < 1.29 is 19.1 Å². The van der Waals surface area contributed by atoms with E-state index in [1.807, 2.05) is 28.8 Å². The maximum atomic E-state index is 12.1. The standard InChI is InChI=1S/C16H15NO4/c1-20-15(18)12-9-17-8-11-6-4-3-5-10(11)7-13(17)14(12)16(19)21-2/h3-6,9H,7-8H2,1-2H3. The number of esters is 2. The minimum Gasteiger partial charge on any atom is -0.465 e. The molecule has 0 bridgehead atoms. The van der Waals surface area contributed by atoms with Gasteiger partial charge >= 0.3 is 11.9 Å². The molecule has 108 valence electrons. The quantitative estimate of drug-likeness (QED) is 0.676. The fraction of sp³-hybridized carbons (Fsp3) is 0.250. The van der Waals surface area contributed by atoms with Crippen LogP contribution >= 0.6 is 0 Å². The number of nitrogens with zero attached hydrogens (tertiary/aromatic N) is 1. The van der Waals surface area contributed by atoms with Crippen molar-refractivity contribution in [2.45, 2.75) is 13.0 Å². The molecule has 5 nitrogen and oxygen atoms in total. The van der Waals surface area contributed by atoms with Crippen LogP contribution < -0.4 is 0 Å². The fourth-order valence-corrected chi connectivity index (χ4v) is 2.77. The molecule has 3 rings (SSSR count). The average Bonchev–Trinajstić information content (AvgIpc) is 2.89. The average molecular weight is 285 g/mol. The van der Waals surface area contributed by atoms with Crippen molar-refractivity contribution in [3.63, 3.8) is 0 Å². The smallest absolute Gasteiger partial charge is 0.340 e. The highest BCUT2D eigenvalue weighted by Crippen LogP contribution is 2.29. The van der Waals surface area contributed by atoms with E-state index in [0.29, 0.717) is 18.5 Å². The topological polar surface area (TPSA) is 57.5 Å². The van der Waals surface area contributed by atoms with E-state index in [4.69, 9.17) is 9.47 Å². The van der Waals surface area contributed by atoms with Gasteiger partial charge in [0.15, 0.2) is 0 Å². The van der Waals surface area contributed by atoms with Gasteiger partial charge in [0.05, 0.1) is 25.3 Å². The Hall–Kier alpha value is -2.56. The molecule has 0 aliphatic carbocycles. The van der Waals surface area contributed by atoms with Gasteiger partial charge < -0.3 is 14.0 Å². The number of methoxy groups -OCH3 is 2. The van der Waals surface area contributed by atoms with E-state index in [1.54, 1.807) is 6.20 Å². The monoisotopic (exact) mass is 285 g/mol. The number of fused-ring (bicyclic) bond motifs is 2. The second-order valence-corrected chi connectivity index (χ2v) is 4.92. The van der Waals surface area contributed by atoms with Crippen LogP contribution in [0.3, 0.4) is 0 Å². The van der Waals surface area contributed by atoms with Gasteiger partial charge in [-0.3, -0.25) is 0 Å². The number of carbonyl (C=O) groups excluding carboxylic acids is 2. The Morgan fingerprint density at radius 2 is 1.71 bits per heavy atom. The van der Waals surface area contributed by atoms with Gasteiger partial charge in [-0.2, -0.15) is 0 Å². The van der Waals surface area contributed by atoms with Gasteiger partial charge in [0, 0.05) is 24.9 Å². The number of carbonyl (C=O) groups is 2. The van der Waals surface area contributed by atoms with Crippen molar-refractivity contribution in [2.24, 2.45) is 0 Å². The van der Waals surface area contributed by atoms with Crippen molar-refractivity contribution in [1.29, 1.82) is 0 Å². The summed E-state index contributed by atoms with van der Waals surface area (Å²) < 4.78 is 11.5. The van der Waals surface area contributed by atoms with Crippen LogP contribution in [0.1, 0.15) is 37.5 Å². The van der Waals surface area contributed by atoms with Crippen molar-refractivity contribution in [3.8, 4) is 0 Å². The zero-order valence-corrected chi connectivity index (χ0v) is 11.9. The molecule has 21 heavy (non-hydrogen) atoms. The van der Waals surface area contributed by atoms with E-state index in [2.05, 4.69) is 0 Å². The van der Waals surface area contributed by atoms with Crippen molar-refractivity contribution in [2.75, 3.05) is 14.2 Å². The zero-order chi connectivity index (χ0) is 15.0. The fourth-order valence-electron chi connectivity index (χ4n) is 2.77. The van der Waals surface area contributed by atoms with Crippen LogP contribution in [0.2, 0.25) is 0 Å². The Balaban J connectivity index is 2.15. The molecule has 0 saturated heterocycles. The van der Waals surface area contributed by atoms with Gasteiger partial charge in [-0.15, -0.1) is 0 Å². The highest BCUT2D eigenvalue weighted by molar-refractivity contribution is 6.04. The molecule has 1 aromatic heterocycles. The Morgan fingerprint density at radius 3 is 2.38 bits per heavy atom. The predicted octanol–water partition coefficient (Wildman–Crippen LogP) is 2.01. The summed E-state index contributed by atoms with van der Waals surface area (Å²) in [4.78, 5) is 24.0. The first-order valence-electron chi connectivity index (χ1n) is 6.61. The van der Waals surface area contributed by atoms with Gasteiger partial charge in [0.25, 0.3) is 0 Å².